The molecule has 6 fully saturated rings. The summed E-state index contributed by atoms with van der Waals surface area (Å²) in [5, 5.41) is 0. The van der Waals surface area contributed by atoms with Gasteiger partial charge in [0.25, 0.3) is 0 Å². The van der Waals surface area contributed by atoms with Gasteiger partial charge in [0.1, 0.15) is 0 Å². The van der Waals surface area contributed by atoms with Crippen molar-refractivity contribution in [3.63, 3.8) is 0 Å². The van der Waals surface area contributed by atoms with E-state index in [0.717, 1.165) is 71.0 Å². The van der Waals surface area contributed by atoms with Crippen LogP contribution >= 0.6 is 0 Å². The fourth-order valence-electron chi connectivity index (χ4n) is 12.7. The topological polar surface area (TPSA) is 0 Å². The molecule has 0 aromatic carbocycles. The monoisotopic (exact) mass is 444 g/mol. The van der Waals surface area contributed by atoms with Gasteiger partial charge in [-0.1, -0.05) is 25.0 Å². The van der Waals surface area contributed by atoms with Crippen LogP contribution in [0, 0.1) is 71.0 Å². The minimum Gasteiger partial charge on any atom is -0.0804 e. The van der Waals surface area contributed by atoms with Crippen molar-refractivity contribution in [3.05, 3.63) is 22.8 Å². The zero-order chi connectivity index (χ0) is 21.7. The molecule has 8 aliphatic rings. The first-order valence-electron chi connectivity index (χ1n) is 15.7. The van der Waals surface area contributed by atoms with E-state index in [9.17, 15) is 0 Å². The van der Waals surface area contributed by atoms with E-state index < -0.39 is 0 Å². The maximum atomic E-state index is 2.79. The second kappa shape index (κ2) is 7.74. The summed E-state index contributed by atoms with van der Waals surface area (Å²) in [4.78, 5) is 0. The number of allylic oxidation sites excluding steroid dienone is 4. The molecule has 0 aromatic rings. The highest BCUT2D eigenvalue weighted by Gasteiger charge is 2.57. The normalized spacial score (nSPS) is 54.8. The molecule has 12 unspecified atom stereocenters. The molecule has 0 N–H and O–H groups in total. The highest BCUT2D eigenvalue weighted by atomic mass is 14.6. The zero-order valence-corrected chi connectivity index (χ0v) is 21.3. The third-order valence-corrected chi connectivity index (χ3v) is 13.7. The van der Waals surface area contributed by atoms with E-state index in [-0.39, 0.29) is 0 Å². The van der Waals surface area contributed by atoms with Crippen LogP contribution in [0.25, 0.3) is 0 Å². The van der Waals surface area contributed by atoms with Crippen molar-refractivity contribution in [2.45, 2.75) is 110 Å². The fourth-order valence-corrected chi connectivity index (χ4v) is 12.7. The van der Waals surface area contributed by atoms with Gasteiger partial charge < -0.3 is 0 Å². The molecule has 0 aliphatic heterocycles. The first-order chi connectivity index (χ1) is 16.3. The quantitative estimate of drug-likeness (QED) is 0.378. The molecule has 180 valence electrons. The van der Waals surface area contributed by atoms with Gasteiger partial charge in [-0.2, -0.15) is 0 Å². The average molecular weight is 445 g/mol. The largest absolute Gasteiger partial charge is 0.0804 e. The van der Waals surface area contributed by atoms with Crippen LogP contribution in [-0.2, 0) is 0 Å². The van der Waals surface area contributed by atoms with Crippen LogP contribution in [0.2, 0.25) is 0 Å². The molecule has 0 amide bonds. The molecular weight excluding hydrogens is 396 g/mol. The summed E-state index contributed by atoms with van der Waals surface area (Å²) < 4.78 is 0. The second-order valence-corrected chi connectivity index (χ2v) is 14.5. The van der Waals surface area contributed by atoms with Crippen molar-refractivity contribution in [3.8, 4) is 0 Å². The van der Waals surface area contributed by atoms with Gasteiger partial charge in [0.05, 0.1) is 0 Å². The molecular formula is C33H48. The van der Waals surface area contributed by atoms with Crippen LogP contribution in [0.3, 0.4) is 0 Å². The Morgan fingerprint density at radius 2 is 1.27 bits per heavy atom. The molecule has 6 saturated carbocycles. The zero-order valence-electron chi connectivity index (χ0n) is 21.3. The average Bonchev–Trinajstić information content (AvgIpc) is 2.87. The summed E-state index contributed by atoms with van der Waals surface area (Å²) in [5.74, 6) is 12.8. The Morgan fingerprint density at radius 1 is 0.606 bits per heavy atom. The summed E-state index contributed by atoms with van der Waals surface area (Å²) in [6, 6.07) is 0. The molecule has 0 nitrogen and oxygen atoms in total. The van der Waals surface area contributed by atoms with Gasteiger partial charge in [-0.3, -0.25) is 0 Å². The van der Waals surface area contributed by atoms with E-state index in [1.165, 1.54) is 32.1 Å². The minimum absolute atomic E-state index is 0.965. The van der Waals surface area contributed by atoms with Crippen molar-refractivity contribution in [1.82, 2.24) is 0 Å². The Bertz CT molecular complexity index is 859. The number of rotatable bonds is 1. The Hall–Kier alpha value is -0.520. The molecule has 0 heterocycles. The third-order valence-electron chi connectivity index (χ3n) is 13.7. The van der Waals surface area contributed by atoms with Crippen molar-refractivity contribution < 1.29 is 0 Å². The van der Waals surface area contributed by atoms with Crippen molar-refractivity contribution in [1.29, 1.82) is 0 Å². The molecule has 0 aromatic heterocycles. The summed E-state index contributed by atoms with van der Waals surface area (Å²) >= 11 is 0. The number of hydrogen-bond acceptors (Lipinski definition) is 0. The molecule has 0 bridgehead atoms. The summed E-state index contributed by atoms with van der Waals surface area (Å²) in [5.41, 5.74) is 5.91. The van der Waals surface area contributed by atoms with Crippen LogP contribution < -0.4 is 0 Å². The molecule has 12 atom stereocenters. The molecule has 0 saturated heterocycles. The van der Waals surface area contributed by atoms with Gasteiger partial charge >= 0.3 is 0 Å². The molecule has 8 rings (SSSR count). The molecule has 0 spiro atoms. The third kappa shape index (κ3) is 2.94. The molecule has 8 aliphatic carbocycles. The Labute approximate surface area is 203 Å². The van der Waals surface area contributed by atoms with E-state index in [4.69, 9.17) is 0 Å². The first kappa shape index (κ1) is 20.7. The van der Waals surface area contributed by atoms with E-state index in [0.29, 0.717) is 0 Å². The van der Waals surface area contributed by atoms with Crippen LogP contribution in [0.1, 0.15) is 110 Å². The highest BCUT2D eigenvalue weighted by molar-refractivity contribution is 5.46. The van der Waals surface area contributed by atoms with Gasteiger partial charge in [0, 0.05) is 0 Å². The Kier molecular flexibility index (Phi) is 4.84. The fraction of sp³-hybridized carbons (Fsp3) is 0.879. The van der Waals surface area contributed by atoms with E-state index in [1.807, 2.05) is 11.1 Å². The lowest BCUT2D eigenvalue weighted by Gasteiger charge is -2.62. The Morgan fingerprint density at radius 3 is 2.15 bits per heavy atom. The highest BCUT2D eigenvalue weighted by Crippen LogP contribution is 2.65. The molecule has 0 heteroatoms. The van der Waals surface area contributed by atoms with Gasteiger partial charge in [-0.05, 0) is 178 Å². The van der Waals surface area contributed by atoms with Crippen molar-refractivity contribution in [2.75, 3.05) is 0 Å². The summed E-state index contributed by atoms with van der Waals surface area (Å²) in [7, 11) is 0. The smallest absolute Gasteiger partial charge is 0.0129 e. The van der Waals surface area contributed by atoms with E-state index in [1.54, 1.807) is 70.6 Å². The number of hydrogen-bond donors (Lipinski definition) is 0. The van der Waals surface area contributed by atoms with Crippen molar-refractivity contribution in [2.24, 2.45) is 71.0 Å². The SMILES string of the molecule is CC1CCC2CCC3C(C4CCC5CCC6CCCC7=CCC4C5=C76)CCC4CCC1C2C43. The first-order valence-corrected chi connectivity index (χ1v) is 15.7. The maximum Gasteiger partial charge on any atom is -0.0129 e. The van der Waals surface area contributed by atoms with Gasteiger partial charge in [-0.15, -0.1) is 0 Å². The van der Waals surface area contributed by atoms with Gasteiger partial charge in [0.15, 0.2) is 0 Å². The Balaban J connectivity index is 1.13. The lowest BCUT2D eigenvalue weighted by Crippen LogP contribution is -2.55. The van der Waals surface area contributed by atoms with Crippen LogP contribution in [-0.4, -0.2) is 0 Å². The van der Waals surface area contributed by atoms with Gasteiger partial charge in [-0.25, -0.2) is 0 Å². The van der Waals surface area contributed by atoms with Crippen LogP contribution in [0.4, 0.5) is 0 Å². The van der Waals surface area contributed by atoms with E-state index >= 15 is 0 Å². The summed E-state index contributed by atoms with van der Waals surface area (Å²) in [6.07, 6.45) is 27.6. The van der Waals surface area contributed by atoms with Gasteiger partial charge in [0.2, 0.25) is 0 Å². The minimum atomic E-state index is 0.965. The lowest BCUT2D eigenvalue weighted by atomic mass is 9.43. The standard InChI is InChI=1S/C33H48/c1-19-5-6-22-13-18-29-27(16-11-24-9-14-25(19)31(22)33(24)29)26-15-10-23-8-7-20-3-2-4-21-12-17-28(26)32(23)30(20)21/h12,19-20,22-29,31,33H,2-11,13-18H2,1H3. The lowest BCUT2D eigenvalue weighted by molar-refractivity contribution is -0.125. The van der Waals surface area contributed by atoms with E-state index in [2.05, 4.69) is 18.6 Å². The van der Waals surface area contributed by atoms with Crippen LogP contribution in [0.5, 0.6) is 0 Å². The molecule has 0 radical (unpaired) electrons. The second-order valence-electron chi connectivity index (χ2n) is 14.5. The maximum absolute atomic E-state index is 2.79. The predicted octanol–water partition coefficient (Wildman–Crippen LogP) is 8.97. The van der Waals surface area contributed by atoms with Crippen LogP contribution in [0.15, 0.2) is 22.8 Å². The predicted molar refractivity (Wildman–Crippen MR) is 137 cm³/mol. The summed E-state index contributed by atoms with van der Waals surface area (Å²) in [6.45, 7) is 2.63. The molecule has 33 heavy (non-hydrogen) atoms. The van der Waals surface area contributed by atoms with Crippen molar-refractivity contribution >= 4 is 0 Å².